The smallest absolute Gasteiger partial charge is 0.317 e. The largest absolute Gasteiger partial charge is 0.481 e. The zero-order chi connectivity index (χ0) is 14.6. The first-order valence-corrected chi connectivity index (χ1v) is 7.31. The van der Waals surface area contributed by atoms with Gasteiger partial charge in [-0.1, -0.05) is 6.42 Å². The third-order valence-corrected chi connectivity index (χ3v) is 4.34. The summed E-state index contributed by atoms with van der Waals surface area (Å²) in [7, 11) is 1.62. The van der Waals surface area contributed by atoms with Gasteiger partial charge >= 0.3 is 12.0 Å². The van der Waals surface area contributed by atoms with Gasteiger partial charge in [-0.05, 0) is 31.1 Å². The van der Waals surface area contributed by atoms with Gasteiger partial charge < -0.3 is 20.1 Å². The van der Waals surface area contributed by atoms with E-state index in [1.54, 1.807) is 7.11 Å². The average Bonchev–Trinajstić information content (AvgIpc) is 3.17. The molecule has 2 N–H and O–H groups in total. The molecule has 0 heterocycles. The molecular formula is C14H24N2O4. The van der Waals surface area contributed by atoms with E-state index in [9.17, 15) is 9.59 Å². The van der Waals surface area contributed by atoms with Crippen molar-refractivity contribution in [2.24, 2.45) is 5.41 Å². The van der Waals surface area contributed by atoms with Crippen LogP contribution in [0, 0.1) is 5.41 Å². The van der Waals surface area contributed by atoms with Gasteiger partial charge in [0.25, 0.3) is 0 Å². The number of amides is 2. The summed E-state index contributed by atoms with van der Waals surface area (Å²) in [4.78, 5) is 24.9. The number of nitrogens with zero attached hydrogens (tertiary/aromatic N) is 1. The van der Waals surface area contributed by atoms with Crippen LogP contribution < -0.4 is 5.32 Å². The van der Waals surface area contributed by atoms with Gasteiger partial charge in [0, 0.05) is 26.2 Å². The predicted molar refractivity (Wildman–Crippen MR) is 73.5 cm³/mol. The van der Waals surface area contributed by atoms with E-state index in [1.165, 1.54) is 0 Å². The molecule has 0 aromatic heterocycles. The highest BCUT2D eigenvalue weighted by atomic mass is 16.5. The van der Waals surface area contributed by atoms with Crippen molar-refractivity contribution in [3.8, 4) is 0 Å². The molecule has 0 spiro atoms. The SMILES string of the molecule is COCCN(C(=O)NCC1(CC(=O)O)CCC1)C1CC1. The van der Waals surface area contributed by atoms with E-state index in [0.29, 0.717) is 25.7 Å². The second kappa shape index (κ2) is 6.43. The molecule has 2 aliphatic rings. The zero-order valence-electron chi connectivity index (χ0n) is 12.1. The quantitative estimate of drug-likeness (QED) is 0.707. The van der Waals surface area contributed by atoms with Crippen LogP contribution in [0.2, 0.25) is 0 Å². The number of aliphatic carboxylic acids is 1. The number of carboxylic acid groups (broad SMARTS) is 1. The molecule has 2 amide bonds. The molecule has 2 aliphatic carbocycles. The normalized spacial score (nSPS) is 20.1. The molecule has 20 heavy (non-hydrogen) atoms. The van der Waals surface area contributed by atoms with Crippen LogP contribution >= 0.6 is 0 Å². The molecule has 6 nitrogen and oxygen atoms in total. The Morgan fingerprint density at radius 1 is 1.40 bits per heavy atom. The Bertz CT molecular complexity index is 364. The highest BCUT2D eigenvalue weighted by molar-refractivity contribution is 5.75. The van der Waals surface area contributed by atoms with Crippen LogP contribution in [0.25, 0.3) is 0 Å². The molecule has 6 heteroatoms. The Hall–Kier alpha value is -1.30. The summed E-state index contributed by atoms with van der Waals surface area (Å²) in [6.07, 6.45) is 5.09. The second-order valence-electron chi connectivity index (χ2n) is 6.00. The Balaban J connectivity index is 1.81. The summed E-state index contributed by atoms with van der Waals surface area (Å²) < 4.78 is 5.03. The van der Waals surface area contributed by atoms with Crippen molar-refractivity contribution in [2.45, 2.75) is 44.6 Å². The number of hydrogen-bond donors (Lipinski definition) is 2. The highest BCUT2D eigenvalue weighted by Gasteiger charge is 2.40. The lowest BCUT2D eigenvalue weighted by Crippen LogP contribution is -2.49. The van der Waals surface area contributed by atoms with Crippen LogP contribution in [0.3, 0.4) is 0 Å². The van der Waals surface area contributed by atoms with Crippen LogP contribution in [0.1, 0.15) is 38.5 Å². The molecule has 114 valence electrons. The Kier molecular flexibility index (Phi) is 4.86. The van der Waals surface area contributed by atoms with Crippen LogP contribution in [0.5, 0.6) is 0 Å². The maximum atomic E-state index is 12.2. The standard InChI is InChI=1S/C14H24N2O4/c1-20-8-7-16(11-3-4-11)13(19)15-10-14(5-2-6-14)9-12(17)18/h11H,2-10H2,1H3,(H,15,19)(H,17,18). The number of rotatable bonds is 8. The highest BCUT2D eigenvalue weighted by Crippen LogP contribution is 2.43. The minimum atomic E-state index is -0.780. The summed E-state index contributed by atoms with van der Waals surface area (Å²) >= 11 is 0. The Morgan fingerprint density at radius 3 is 2.55 bits per heavy atom. The van der Waals surface area contributed by atoms with Crippen LogP contribution in [0.4, 0.5) is 4.79 Å². The number of nitrogens with one attached hydrogen (secondary N) is 1. The average molecular weight is 284 g/mol. The summed E-state index contributed by atoms with van der Waals surface area (Å²) in [6.45, 7) is 1.59. The molecule has 0 radical (unpaired) electrons. The van der Waals surface area contributed by atoms with Gasteiger partial charge in [-0.3, -0.25) is 4.79 Å². The van der Waals surface area contributed by atoms with Gasteiger partial charge in [0.1, 0.15) is 0 Å². The summed E-state index contributed by atoms with van der Waals surface area (Å²) in [5.41, 5.74) is -0.224. The molecule has 0 aliphatic heterocycles. The van der Waals surface area contributed by atoms with E-state index in [2.05, 4.69) is 5.32 Å². The van der Waals surface area contributed by atoms with Crippen molar-refractivity contribution in [1.82, 2.24) is 10.2 Å². The Morgan fingerprint density at radius 2 is 2.10 bits per heavy atom. The molecule has 2 fully saturated rings. The lowest BCUT2D eigenvalue weighted by Gasteiger charge is -2.41. The molecule has 0 aromatic rings. The maximum Gasteiger partial charge on any atom is 0.317 e. The van der Waals surface area contributed by atoms with E-state index in [1.807, 2.05) is 4.90 Å². The molecule has 2 saturated carbocycles. The van der Waals surface area contributed by atoms with Crippen molar-refractivity contribution < 1.29 is 19.4 Å². The van der Waals surface area contributed by atoms with Crippen molar-refractivity contribution in [3.05, 3.63) is 0 Å². The van der Waals surface area contributed by atoms with Crippen LogP contribution in [-0.4, -0.2) is 54.9 Å². The van der Waals surface area contributed by atoms with Crippen molar-refractivity contribution >= 4 is 12.0 Å². The van der Waals surface area contributed by atoms with Crippen molar-refractivity contribution in [3.63, 3.8) is 0 Å². The predicted octanol–water partition coefficient (Wildman–Crippen LogP) is 1.45. The maximum absolute atomic E-state index is 12.2. The molecule has 0 aromatic carbocycles. The number of urea groups is 1. The van der Waals surface area contributed by atoms with Gasteiger partial charge in [0.2, 0.25) is 0 Å². The van der Waals surface area contributed by atoms with Gasteiger partial charge in [0.15, 0.2) is 0 Å². The third kappa shape index (κ3) is 3.85. The van der Waals surface area contributed by atoms with Crippen LogP contribution in [0.15, 0.2) is 0 Å². The van der Waals surface area contributed by atoms with Gasteiger partial charge in [-0.2, -0.15) is 0 Å². The van der Waals surface area contributed by atoms with E-state index in [0.717, 1.165) is 32.1 Å². The van der Waals surface area contributed by atoms with Gasteiger partial charge in [0.05, 0.1) is 13.0 Å². The molecule has 0 atom stereocenters. The molecule has 0 unspecified atom stereocenters. The zero-order valence-corrected chi connectivity index (χ0v) is 12.1. The van der Waals surface area contributed by atoms with E-state index < -0.39 is 5.97 Å². The molecule has 0 saturated heterocycles. The van der Waals surface area contributed by atoms with Crippen molar-refractivity contribution in [2.75, 3.05) is 26.8 Å². The fourth-order valence-corrected chi connectivity index (χ4v) is 2.80. The van der Waals surface area contributed by atoms with Gasteiger partial charge in [-0.25, -0.2) is 4.79 Å². The summed E-state index contributed by atoms with van der Waals surface area (Å²) in [5.74, 6) is -0.780. The van der Waals surface area contributed by atoms with Crippen LogP contribution in [-0.2, 0) is 9.53 Å². The third-order valence-electron chi connectivity index (χ3n) is 4.34. The molecule has 0 bridgehead atoms. The fourth-order valence-electron chi connectivity index (χ4n) is 2.80. The summed E-state index contributed by atoms with van der Waals surface area (Å²) in [5, 5.41) is 11.9. The number of carbonyl (C=O) groups excluding carboxylic acids is 1. The lowest BCUT2D eigenvalue weighted by molar-refractivity contribution is -0.141. The molecular weight excluding hydrogens is 260 g/mol. The van der Waals surface area contributed by atoms with Gasteiger partial charge in [-0.15, -0.1) is 0 Å². The fraction of sp³-hybridized carbons (Fsp3) is 0.857. The number of methoxy groups -OCH3 is 1. The topological polar surface area (TPSA) is 78.9 Å². The first-order chi connectivity index (χ1) is 9.56. The minimum Gasteiger partial charge on any atom is -0.481 e. The second-order valence-corrected chi connectivity index (χ2v) is 6.00. The molecule has 2 rings (SSSR count). The van der Waals surface area contributed by atoms with Crippen molar-refractivity contribution in [1.29, 1.82) is 0 Å². The summed E-state index contributed by atoms with van der Waals surface area (Å²) in [6, 6.07) is 0.253. The number of hydrogen-bond acceptors (Lipinski definition) is 3. The lowest BCUT2D eigenvalue weighted by atomic mass is 9.66. The number of carboxylic acids is 1. The first-order valence-electron chi connectivity index (χ1n) is 7.31. The monoisotopic (exact) mass is 284 g/mol. The minimum absolute atomic E-state index is 0.0822. The Labute approximate surface area is 119 Å². The number of carbonyl (C=O) groups is 2. The first kappa shape index (κ1) is 15.1. The number of ether oxygens (including phenoxy) is 1. The van der Waals surface area contributed by atoms with E-state index in [4.69, 9.17) is 9.84 Å². The van der Waals surface area contributed by atoms with E-state index in [-0.39, 0.29) is 17.9 Å². The van der Waals surface area contributed by atoms with E-state index >= 15 is 0 Å².